The molecule has 4 saturated heterocycles. The van der Waals surface area contributed by atoms with Gasteiger partial charge in [-0.05, 0) is 47.5 Å². The van der Waals surface area contributed by atoms with Crippen LogP contribution in [0.25, 0.3) is 0 Å². The minimum atomic E-state index is -0.375. The van der Waals surface area contributed by atoms with Crippen molar-refractivity contribution in [2.75, 3.05) is 46.5 Å². The molecule has 27 heavy (non-hydrogen) atoms. The lowest BCUT2D eigenvalue weighted by Gasteiger charge is -2.57. The normalized spacial score (nSPS) is 36.3. The van der Waals surface area contributed by atoms with E-state index in [-0.39, 0.29) is 40.4 Å². The van der Waals surface area contributed by atoms with Crippen molar-refractivity contribution in [3.05, 3.63) is 0 Å². The van der Waals surface area contributed by atoms with Crippen molar-refractivity contribution < 1.29 is 19.3 Å². The molecule has 156 valence electrons. The topological polar surface area (TPSA) is 54.4 Å². The third-order valence-corrected chi connectivity index (χ3v) is 7.61. The molecule has 0 radical (unpaired) electrons. The molecule has 4 heterocycles. The predicted molar refractivity (Wildman–Crippen MR) is 104 cm³/mol. The molecule has 4 aliphatic rings. The quantitative estimate of drug-likeness (QED) is 0.795. The van der Waals surface area contributed by atoms with E-state index in [0.717, 1.165) is 45.6 Å². The molecule has 2 spiro atoms. The molecular formula is C21H38N2O4. The zero-order chi connectivity index (χ0) is 19.7. The fourth-order valence-electron chi connectivity index (χ4n) is 5.55. The first-order valence-electron chi connectivity index (χ1n) is 10.5. The van der Waals surface area contributed by atoms with E-state index in [2.05, 4.69) is 44.4 Å². The second-order valence-electron chi connectivity index (χ2n) is 10.9. The number of methoxy groups -OCH3 is 1. The molecule has 0 aromatic carbocycles. The summed E-state index contributed by atoms with van der Waals surface area (Å²) in [4.78, 5) is 4.88. The van der Waals surface area contributed by atoms with E-state index in [4.69, 9.17) is 14.2 Å². The van der Waals surface area contributed by atoms with Crippen molar-refractivity contribution in [1.29, 1.82) is 0 Å². The number of hydrogen-bond donors (Lipinski definition) is 1. The second-order valence-corrected chi connectivity index (χ2v) is 10.9. The third kappa shape index (κ3) is 3.17. The molecule has 6 nitrogen and oxygen atoms in total. The Morgan fingerprint density at radius 3 is 2.22 bits per heavy atom. The van der Waals surface area contributed by atoms with Gasteiger partial charge in [0.25, 0.3) is 0 Å². The Labute approximate surface area is 164 Å². The van der Waals surface area contributed by atoms with Crippen molar-refractivity contribution in [3.8, 4) is 0 Å². The number of likely N-dealkylation sites (tertiary alicyclic amines) is 2. The summed E-state index contributed by atoms with van der Waals surface area (Å²) in [5.74, 6) is 0.196. The minimum absolute atomic E-state index is 0.0174. The Balaban J connectivity index is 1.33. The van der Waals surface area contributed by atoms with E-state index < -0.39 is 0 Å². The Morgan fingerprint density at radius 1 is 1.00 bits per heavy atom. The molecule has 4 rings (SSSR count). The van der Waals surface area contributed by atoms with Crippen LogP contribution in [0.15, 0.2) is 0 Å². The number of aliphatic hydroxyl groups excluding tert-OH is 1. The highest BCUT2D eigenvalue weighted by atomic mass is 16.6. The molecule has 0 aromatic rings. The monoisotopic (exact) mass is 382 g/mol. The van der Waals surface area contributed by atoms with Gasteiger partial charge in [-0.1, -0.05) is 0 Å². The summed E-state index contributed by atoms with van der Waals surface area (Å²) in [7, 11) is 1.79. The Morgan fingerprint density at radius 2 is 1.63 bits per heavy atom. The number of ether oxygens (including phenoxy) is 3. The van der Waals surface area contributed by atoms with E-state index >= 15 is 0 Å². The summed E-state index contributed by atoms with van der Waals surface area (Å²) in [6.07, 6.45) is 1.78. The molecule has 3 atom stereocenters. The SMILES string of the molecule is CO[C@H]1CCOC12CN(C(C)(C)CC1COC3(CN(C(C)(C)C)C3)[C@@H]1O)C2. The van der Waals surface area contributed by atoms with Gasteiger partial charge in [0.05, 0.1) is 25.4 Å². The lowest BCUT2D eigenvalue weighted by Crippen LogP contribution is -2.72. The standard InChI is InChI=1S/C21H38N2O4/c1-18(2,3)22-13-21(14-22)17(24)15(10-27-21)9-19(4,5)23-11-20(12-23)16(25-6)7-8-26-20/h15-17,24H,7-14H2,1-6H3/t15?,16-,17+/m0/s1. The molecule has 0 bridgehead atoms. The summed E-state index contributed by atoms with van der Waals surface area (Å²) < 4.78 is 17.9. The zero-order valence-corrected chi connectivity index (χ0v) is 18.0. The van der Waals surface area contributed by atoms with Crippen LogP contribution in [0.1, 0.15) is 47.5 Å². The Hall–Kier alpha value is -0.240. The van der Waals surface area contributed by atoms with Crippen LogP contribution < -0.4 is 0 Å². The first-order valence-corrected chi connectivity index (χ1v) is 10.5. The van der Waals surface area contributed by atoms with Gasteiger partial charge in [0.2, 0.25) is 0 Å². The van der Waals surface area contributed by atoms with Crippen molar-refractivity contribution in [3.63, 3.8) is 0 Å². The lowest BCUT2D eigenvalue weighted by atomic mass is 9.75. The van der Waals surface area contributed by atoms with Gasteiger partial charge in [-0.15, -0.1) is 0 Å². The van der Waals surface area contributed by atoms with Crippen molar-refractivity contribution in [2.45, 2.75) is 81.9 Å². The molecular weight excluding hydrogens is 344 g/mol. The number of aliphatic hydroxyl groups is 1. The molecule has 0 amide bonds. The van der Waals surface area contributed by atoms with Gasteiger partial charge in [-0.25, -0.2) is 0 Å². The number of rotatable bonds is 4. The van der Waals surface area contributed by atoms with Gasteiger partial charge in [0, 0.05) is 50.3 Å². The Bertz CT molecular complexity index is 561. The zero-order valence-electron chi connectivity index (χ0n) is 18.0. The molecule has 4 aliphatic heterocycles. The van der Waals surface area contributed by atoms with Gasteiger partial charge >= 0.3 is 0 Å². The van der Waals surface area contributed by atoms with Gasteiger partial charge < -0.3 is 19.3 Å². The Kier molecular flexibility index (Phi) is 4.74. The van der Waals surface area contributed by atoms with E-state index in [1.807, 2.05) is 0 Å². The van der Waals surface area contributed by atoms with E-state index in [1.165, 1.54) is 0 Å². The third-order valence-electron chi connectivity index (χ3n) is 7.61. The maximum atomic E-state index is 11.0. The maximum absolute atomic E-state index is 11.0. The van der Waals surface area contributed by atoms with E-state index in [1.54, 1.807) is 7.11 Å². The van der Waals surface area contributed by atoms with Crippen molar-refractivity contribution in [1.82, 2.24) is 9.80 Å². The molecule has 6 heteroatoms. The summed E-state index contributed by atoms with van der Waals surface area (Å²) >= 11 is 0. The number of hydrogen-bond acceptors (Lipinski definition) is 6. The van der Waals surface area contributed by atoms with Crippen LogP contribution >= 0.6 is 0 Å². The highest BCUT2D eigenvalue weighted by Crippen LogP contribution is 2.46. The highest BCUT2D eigenvalue weighted by Gasteiger charge is 2.60. The first-order chi connectivity index (χ1) is 12.5. The molecule has 0 aliphatic carbocycles. The molecule has 0 saturated carbocycles. The first kappa shape index (κ1) is 20.0. The largest absolute Gasteiger partial charge is 0.390 e. The fraction of sp³-hybridized carbons (Fsp3) is 1.00. The maximum Gasteiger partial charge on any atom is 0.120 e. The molecule has 1 unspecified atom stereocenters. The molecule has 4 fully saturated rings. The smallest absolute Gasteiger partial charge is 0.120 e. The predicted octanol–water partition coefficient (Wildman–Crippen LogP) is 1.51. The second kappa shape index (κ2) is 6.38. The van der Waals surface area contributed by atoms with E-state index in [0.29, 0.717) is 6.61 Å². The van der Waals surface area contributed by atoms with Crippen molar-refractivity contribution in [2.24, 2.45) is 5.92 Å². The molecule has 1 N–H and O–H groups in total. The van der Waals surface area contributed by atoms with Crippen LogP contribution in [0.3, 0.4) is 0 Å². The summed E-state index contributed by atoms with van der Waals surface area (Å²) in [6.45, 7) is 16.2. The summed E-state index contributed by atoms with van der Waals surface area (Å²) in [5, 5.41) is 11.0. The van der Waals surface area contributed by atoms with Crippen LogP contribution in [0, 0.1) is 5.92 Å². The van der Waals surface area contributed by atoms with Gasteiger partial charge in [0.1, 0.15) is 11.2 Å². The van der Waals surface area contributed by atoms with Crippen LogP contribution in [-0.2, 0) is 14.2 Å². The number of nitrogens with zero attached hydrogens (tertiary/aromatic N) is 2. The fourth-order valence-corrected chi connectivity index (χ4v) is 5.55. The minimum Gasteiger partial charge on any atom is -0.390 e. The molecule has 0 aromatic heterocycles. The average molecular weight is 383 g/mol. The average Bonchev–Trinajstić information content (AvgIpc) is 3.05. The highest BCUT2D eigenvalue weighted by molar-refractivity contribution is 5.13. The lowest BCUT2D eigenvalue weighted by molar-refractivity contribution is -0.189. The van der Waals surface area contributed by atoms with Crippen LogP contribution in [-0.4, -0.2) is 95.9 Å². The van der Waals surface area contributed by atoms with Gasteiger partial charge in [0.15, 0.2) is 0 Å². The van der Waals surface area contributed by atoms with Crippen molar-refractivity contribution >= 4 is 0 Å². The van der Waals surface area contributed by atoms with E-state index in [9.17, 15) is 5.11 Å². The summed E-state index contributed by atoms with van der Waals surface area (Å²) in [6, 6.07) is 0. The van der Waals surface area contributed by atoms with Gasteiger partial charge in [-0.2, -0.15) is 0 Å². The van der Waals surface area contributed by atoms with Crippen LogP contribution in [0.5, 0.6) is 0 Å². The van der Waals surface area contributed by atoms with Gasteiger partial charge in [-0.3, -0.25) is 9.80 Å². The summed E-state index contributed by atoms with van der Waals surface area (Å²) in [5.41, 5.74) is -0.306. The van der Waals surface area contributed by atoms with Crippen LogP contribution in [0.2, 0.25) is 0 Å². The van der Waals surface area contributed by atoms with Crippen LogP contribution in [0.4, 0.5) is 0 Å².